The minimum Gasteiger partial charge on any atom is -0.496 e. The predicted molar refractivity (Wildman–Crippen MR) is 76.6 cm³/mol. The van der Waals surface area contributed by atoms with Crippen molar-refractivity contribution in [2.45, 2.75) is 13.0 Å². The summed E-state index contributed by atoms with van der Waals surface area (Å²) in [7, 11) is 1.60. The van der Waals surface area contributed by atoms with Crippen LogP contribution in [0, 0.1) is 12.7 Å². The minimum absolute atomic E-state index is 0.253. The molecule has 0 aromatic heterocycles. The summed E-state index contributed by atoms with van der Waals surface area (Å²) in [5, 5.41) is 0. The lowest BCUT2D eigenvalue weighted by molar-refractivity contribution is 0.285. The van der Waals surface area contributed by atoms with E-state index in [1.165, 1.54) is 6.07 Å². The quantitative estimate of drug-likeness (QED) is 0.911. The standard InChI is InChI=1S/C16H18FNO2/c1-11-7-8-12(9-14(11)17)20-10-15(18)13-5-3-4-6-16(13)19-2/h3-9,15H,10,18H2,1-2H3. The third-order valence-corrected chi connectivity index (χ3v) is 3.11. The van der Waals surface area contributed by atoms with E-state index in [1.54, 1.807) is 26.2 Å². The SMILES string of the molecule is COc1ccccc1C(N)COc1ccc(C)c(F)c1. The van der Waals surface area contributed by atoms with Crippen LogP contribution in [0.4, 0.5) is 4.39 Å². The summed E-state index contributed by atoms with van der Waals surface area (Å²) in [6, 6.07) is 11.9. The number of para-hydroxylation sites is 1. The number of hydrogen-bond acceptors (Lipinski definition) is 3. The first kappa shape index (κ1) is 14.3. The Morgan fingerprint density at radius 2 is 1.95 bits per heavy atom. The van der Waals surface area contributed by atoms with Crippen molar-refractivity contribution in [2.75, 3.05) is 13.7 Å². The van der Waals surface area contributed by atoms with E-state index < -0.39 is 0 Å². The maximum atomic E-state index is 13.4. The van der Waals surface area contributed by atoms with Crippen molar-refractivity contribution >= 4 is 0 Å². The van der Waals surface area contributed by atoms with Crippen LogP contribution in [0.25, 0.3) is 0 Å². The summed E-state index contributed by atoms with van der Waals surface area (Å²) < 4.78 is 24.2. The van der Waals surface area contributed by atoms with Gasteiger partial charge in [0.15, 0.2) is 0 Å². The zero-order valence-electron chi connectivity index (χ0n) is 11.6. The number of nitrogens with two attached hydrogens (primary N) is 1. The summed E-state index contributed by atoms with van der Waals surface area (Å²) >= 11 is 0. The molecule has 3 nitrogen and oxygen atoms in total. The monoisotopic (exact) mass is 275 g/mol. The van der Waals surface area contributed by atoms with Gasteiger partial charge in [-0.3, -0.25) is 0 Å². The van der Waals surface area contributed by atoms with Gasteiger partial charge >= 0.3 is 0 Å². The summed E-state index contributed by atoms with van der Waals surface area (Å²) in [4.78, 5) is 0. The lowest BCUT2D eigenvalue weighted by Gasteiger charge is -2.16. The van der Waals surface area contributed by atoms with Crippen LogP contribution >= 0.6 is 0 Å². The van der Waals surface area contributed by atoms with Crippen LogP contribution in [0.2, 0.25) is 0 Å². The fourth-order valence-corrected chi connectivity index (χ4v) is 1.91. The fourth-order valence-electron chi connectivity index (χ4n) is 1.91. The number of benzene rings is 2. The number of aryl methyl sites for hydroxylation is 1. The van der Waals surface area contributed by atoms with Gasteiger partial charge in [-0.05, 0) is 24.6 Å². The van der Waals surface area contributed by atoms with Crippen LogP contribution < -0.4 is 15.2 Å². The van der Waals surface area contributed by atoms with E-state index in [-0.39, 0.29) is 18.5 Å². The van der Waals surface area contributed by atoms with Crippen LogP contribution in [0.15, 0.2) is 42.5 Å². The van der Waals surface area contributed by atoms with Crippen molar-refractivity contribution in [1.29, 1.82) is 0 Å². The summed E-state index contributed by atoms with van der Waals surface area (Å²) in [6.45, 7) is 1.96. The molecule has 106 valence electrons. The largest absolute Gasteiger partial charge is 0.496 e. The number of hydrogen-bond donors (Lipinski definition) is 1. The van der Waals surface area contributed by atoms with E-state index in [0.717, 1.165) is 11.3 Å². The number of rotatable bonds is 5. The highest BCUT2D eigenvalue weighted by atomic mass is 19.1. The van der Waals surface area contributed by atoms with Crippen molar-refractivity contribution in [2.24, 2.45) is 5.73 Å². The number of ether oxygens (including phenoxy) is 2. The van der Waals surface area contributed by atoms with Gasteiger partial charge in [0.1, 0.15) is 23.9 Å². The molecule has 2 aromatic carbocycles. The Hall–Kier alpha value is -2.07. The zero-order chi connectivity index (χ0) is 14.5. The topological polar surface area (TPSA) is 44.5 Å². The van der Waals surface area contributed by atoms with E-state index in [0.29, 0.717) is 11.3 Å². The molecule has 0 aliphatic carbocycles. The lowest BCUT2D eigenvalue weighted by atomic mass is 10.1. The molecule has 0 saturated carbocycles. The van der Waals surface area contributed by atoms with Crippen LogP contribution in [-0.4, -0.2) is 13.7 Å². The van der Waals surface area contributed by atoms with Gasteiger partial charge in [-0.2, -0.15) is 0 Å². The van der Waals surface area contributed by atoms with Crippen molar-refractivity contribution in [3.63, 3.8) is 0 Å². The third-order valence-electron chi connectivity index (χ3n) is 3.11. The summed E-state index contributed by atoms with van der Waals surface area (Å²) in [5.74, 6) is 0.908. The Labute approximate surface area is 118 Å². The van der Waals surface area contributed by atoms with Crippen LogP contribution in [0.1, 0.15) is 17.2 Å². The fraction of sp³-hybridized carbons (Fsp3) is 0.250. The highest BCUT2D eigenvalue weighted by Gasteiger charge is 2.12. The van der Waals surface area contributed by atoms with Gasteiger partial charge in [-0.25, -0.2) is 4.39 Å². The molecule has 1 atom stereocenters. The molecule has 2 rings (SSSR count). The van der Waals surface area contributed by atoms with Gasteiger partial charge in [0.25, 0.3) is 0 Å². The molecule has 0 radical (unpaired) electrons. The average molecular weight is 275 g/mol. The van der Waals surface area contributed by atoms with Gasteiger partial charge < -0.3 is 15.2 Å². The van der Waals surface area contributed by atoms with Crippen molar-refractivity contribution in [3.8, 4) is 11.5 Å². The van der Waals surface area contributed by atoms with Crippen molar-refractivity contribution in [1.82, 2.24) is 0 Å². The normalized spacial score (nSPS) is 12.0. The molecule has 1 unspecified atom stereocenters. The molecule has 0 spiro atoms. The Kier molecular flexibility index (Phi) is 4.58. The molecular formula is C16H18FNO2. The second-order valence-corrected chi connectivity index (χ2v) is 4.57. The van der Waals surface area contributed by atoms with Crippen molar-refractivity contribution < 1.29 is 13.9 Å². The Morgan fingerprint density at radius 3 is 2.65 bits per heavy atom. The van der Waals surface area contributed by atoms with E-state index in [2.05, 4.69) is 0 Å². The predicted octanol–water partition coefficient (Wildman–Crippen LogP) is 3.22. The van der Waals surface area contributed by atoms with E-state index in [4.69, 9.17) is 15.2 Å². The maximum absolute atomic E-state index is 13.4. The first-order valence-corrected chi connectivity index (χ1v) is 6.39. The van der Waals surface area contributed by atoms with Crippen LogP contribution in [0.5, 0.6) is 11.5 Å². The molecule has 0 aliphatic rings. The van der Waals surface area contributed by atoms with E-state index in [1.807, 2.05) is 24.3 Å². The van der Waals surface area contributed by atoms with Crippen molar-refractivity contribution in [3.05, 3.63) is 59.4 Å². The van der Waals surface area contributed by atoms with Gasteiger partial charge in [0, 0.05) is 11.6 Å². The second kappa shape index (κ2) is 6.39. The second-order valence-electron chi connectivity index (χ2n) is 4.57. The number of methoxy groups -OCH3 is 1. The molecule has 0 saturated heterocycles. The van der Waals surface area contributed by atoms with E-state index in [9.17, 15) is 4.39 Å². The minimum atomic E-state index is -0.337. The van der Waals surface area contributed by atoms with Crippen LogP contribution in [-0.2, 0) is 0 Å². The molecule has 2 N–H and O–H groups in total. The molecule has 20 heavy (non-hydrogen) atoms. The molecule has 0 amide bonds. The average Bonchev–Trinajstić information content (AvgIpc) is 2.48. The molecule has 0 bridgehead atoms. The first-order chi connectivity index (χ1) is 9.61. The summed E-state index contributed by atoms with van der Waals surface area (Å²) in [6.07, 6.45) is 0. The van der Waals surface area contributed by atoms with Gasteiger partial charge in [-0.15, -0.1) is 0 Å². The van der Waals surface area contributed by atoms with Gasteiger partial charge in [0.2, 0.25) is 0 Å². The lowest BCUT2D eigenvalue weighted by Crippen LogP contribution is -2.19. The maximum Gasteiger partial charge on any atom is 0.129 e. The summed E-state index contributed by atoms with van der Waals surface area (Å²) in [5.41, 5.74) is 7.54. The molecule has 0 fully saturated rings. The molecule has 0 heterocycles. The van der Waals surface area contributed by atoms with Gasteiger partial charge in [0.05, 0.1) is 13.2 Å². The Morgan fingerprint density at radius 1 is 1.20 bits per heavy atom. The molecular weight excluding hydrogens is 257 g/mol. The van der Waals surface area contributed by atoms with Gasteiger partial charge in [-0.1, -0.05) is 24.3 Å². The highest BCUT2D eigenvalue weighted by molar-refractivity contribution is 5.36. The molecule has 2 aromatic rings. The Balaban J connectivity index is 2.04. The first-order valence-electron chi connectivity index (χ1n) is 6.39. The molecule has 0 aliphatic heterocycles. The molecule has 4 heteroatoms. The highest BCUT2D eigenvalue weighted by Crippen LogP contribution is 2.24. The smallest absolute Gasteiger partial charge is 0.129 e. The zero-order valence-corrected chi connectivity index (χ0v) is 11.6. The van der Waals surface area contributed by atoms with E-state index >= 15 is 0 Å². The Bertz CT molecular complexity index is 586. The third kappa shape index (κ3) is 3.27. The van der Waals surface area contributed by atoms with Crippen LogP contribution in [0.3, 0.4) is 0 Å². The number of halogens is 1.